The molecule has 0 aliphatic rings. The van der Waals surface area contributed by atoms with E-state index in [0.29, 0.717) is 5.69 Å². The Morgan fingerprint density at radius 2 is 1.83 bits per heavy atom. The molecule has 0 bridgehead atoms. The Morgan fingerprint density at radius 1 is 1.33 bits per heavy atom. The molecule has 1 N–H and O–H groups in total. The van der Waals surface area contributed by atoms with Gasteiger partial charge in [0, 0.05) is 0 Å². The molecule has 0 saturated heterocycles. The Morgan fingerprint density at radius 3 is 2.25 bits per heavy atom. The Labute approximate surface area is 70.3 Å². The van der Waals surface area contributed by atoms with Gasteiger partial charge in [-0.25, -0.2) is 10.1 Å². The van der Waals surface area contributed by atoms with E-state index in [1.165, 1.54) is 0 Å². The van der Waals surface area contributed by atoms with Crippen LogP contribution in [-0.2, 0) is 0 Å². The topological polar surface area (TPSA) is 55.2 Å². The molecule has 0 amide bonds. The normalized spacial score (nSPS) is 9.50. The molecular formula is C8H10N2O2. The first-order valence-corrected chi connectivity index (χ1v) is 3.58. The number of para-hydroxylation sites is 1. The van der Waals surface area contributed by atoms with Crippen LogP contribution in [-0.4, -0.2) is 5.03 Å². The van der Waals surface area contributed by atoms with Crippen LogP contribution in [0.5, 0.6) is 0 Å². The molecule has 0 aromatic heterocycles. The molecule has 0 spiro atoms. The maximum atomic E-state index is 10.2. The standard InChI is InChI=1S/C8H10N2O2/c1-6-4-3-5-7(2)8(6)9-10(11)12/h3-5,9H,1-2H3. The van der Waals surface area contributed by atoms with Gasteiger partial charge in [-0.2, -0.15) is 0 Å². The lowest BCUT2D eigenvalue weighted by Gasteiger charge is -2.04. The van der Waals surface area contributed by atoms with E-state index < -0.39 is 5.03 Å². The molecule has 4 heteroatoms. The number of nitrogens with zero attached hydrogens (tertiary/aromatic N) is 1. The largest absolute Gasteiger partial charge is 0.235 e. The van der Waals surface area contributed by atoms with Crippen molar-refractivity contribution < 1.29 is 5.03 Å². The van der Waals surface area contributed by atoms with Crippen LogP contribution >= 0.6 is 0 Å². The van der Waals surface area contributed by atoms with Crippen molar-refractivity contribution in [2.24, 2.45) is 0 Å². The molecule has 1 aromatic carbocycles. The zero-order chi connectivity index (χ0) is 9.14. The lowest BCUT2D eigenvalue weighted by molar-refractivity contribution is -0.445. The summed E-state index contributed by atoms with van der Waals surface area (Å²) >= 11 is 0. The molecule has 0 aliphatic carbocycles. The van der Waals surface area contributed by atoms with Crippen LogP contribution in [0.25, 0.3) is 0 Å². The van der Waals surface area contributed by atoms with Gasteiger partial charge in [0.2, 0.25) is 0 Å². The van der Waals surface area contributed by atoms with E-state index in [0.717, 1.165) is 11.1 Å². The van der Waals surface area contributed by atoms with Crippen molar-refractivity contribution >= 4 is 5.69 Å². The average molecular weight is 166 g/mol. The molecule has 1 aromatic rings. The van der Waals surface area contributed by atoms with Gasteiger partial charge >= 0.3 is 0 Å². The van der Waals surface area contributed by atoms with Gasteiger partial charge in [0.15, 0.2) is 5.03 Å². The number of hydrogen-bond acceptors (Lipinski definition) is 2. The number of benzene rings is 1. The highest BCUT2D eigenvalue weighted by Crippen LogP contribution is 2.18. The zero-order valence-corrected chi connectivity index (χ0v) is 7.00. The van der Waals surface area contributed by atoms with Gasteiger partial charge in [0.05, 0.1) is 0 Å². The lowest BCUT2D eigenvalue weighted by Crippen LogP contribution is -2.10. The highest BCUT2D eigenvalue weighted by Gasteiger charge is 2.05. The van der Waals surface area contributed by atoms with Crippen molar-refractivity contribution in [2.75, 3.05) is 5.43 Å². The van der Waals surface area contributed by atoms with E-state index in [1.807, 2.05) is 32.0 Å². The monoisotopic (exact) mass is 166 g/mol. The molecule has 0 heterocycles. The number of nitro groups is 1. The van der Waals surface area contributed by atoms with E-state index in [2.05, 4.69) is 5.43 Å². The Bertz CT molecular complexity index is 290. The summed E-state index contributed by atoms with van der Waals surface area (Å²) in [5.74, 6) is 0. The lowest BCUT2D eigenvalue weighted by atomic mass is 10.1. The minimum absolute atomic E-state index is 0.546. The first-order valence-electron chi connectivity index (χ1n) is 3.58. The fourth-order valence-corrected chi connectivity index (χ4v) is 1.08. The number of aryl methyl sites for hydroxylation is 2. The van der Waals surface area contributed by atoms with Crippen LogP contribution in [0.2, 0.25) is 0 Å². The molecule has 0 fully saturated rings. The van der Waals surface area contributed by atoms with Crippen molar-refractivity contribution in [3.8, 4) is 0 Å². The van der Waals surface area contributed by atoms with Gasteiger partial charge in [-0.3, -0.25) is 0 Å². The summed E-state index contributed by atoms with van der Waals surface area (Å²) in [5, 5.41) is 9.62. The highest BCUT2D eigenvalue weighted by atomic mass is 16.7. The van der Waals surface area contributed by atoms with E-state index >= 15 is 0 Å². The van der Waals surface area contributed by atoms with E-state index in [1.54, 1.807) is 0 Å². The van der Waals surface area contributed by atoms with Crippen LogP contribution < -0.4 is 5.43 Å². The smallest absolute Gasteiger partial charge is 0.162 e. The first kappa shape index (κ1) is 8.52. The predicted octanol–water partition coefficient (Wildman–Crippen LogP) is 1.91. The van der Waals surface area contributed by atoms with E-state index in [-0.39, 0.29) is 0 Å². The van der Waals surface area contributed by atoms with Gasteiger partial charge < -0.3 is 0 Å². The molecule has 4 nitrogen and oxygen atoms in total. The van der Waals surface area contributed by atoms with Crippen molar-refractivity contribution in [3.05, 3.63) is 39.4 Å². The van der Waals surface area contributed by atoms with Crippen LogP contribution in [0.4, 0.5) is 5.69 Å². The average Bonchev–Trinajstić information content (AvgIpc) is 1.97. The highest BCUT2D eigenvalue weighted by molar-refractivity contribution is 5.54. The Hall–Kier alpha value is -1.58. The second-order valence-corrected chi connectivity index (χ2v) is 2.64. The molecule has 0 unspecified atom stereocenters. The van der Waals surface area contributed by atoms with Crippen molar-refractivity contribution in [3.63, 3.8) is 0 Å². The number of nitrogens with one attached hydrogen (secondary N) is 1. The van der Waals surface area contributed by atoms with Gasteiger partial charge in [0.25, 0.3) is 0 Å². The van der Waals surface area contributed by atoms with Gasteiger partial charge in [0.1, 0.15) is 5.69 Å². The third-order valence-corrected chi connectivity index (χ3v) is 1.68. The summed E-state index contributed by atoms with van der Waals surface area (Å²) < 4.78 is 0. The summed E-state index contributed by atoms with van der Waals surface area (Å²) in [5.41, 5.74) is 4.51. The Balaban J connectivity index is 3.04. The van der Waals surface area contributed by atoms with Crippen molar-refractivity contribution in [1.82, 2.24) is 0 Å². The minimum Gasteiger partial charge on any atom is -0.235 e. The van der Waals surface area contributed by atoms with Crippen LogP contribution in [0.1, 0.15) is 11.1 Å². The molecule has 1 rings (SSSR count). The molecule has 64 valence electrons. The number of rotatable bonds is 2. The minimum atomic E-state index is -0.546. The molecule has 0 saturated carbocycles. The molecule has 0 atom stereocenters. The van der Waals surface area contributed by atoms with E-state index in [9.17, 15) is 10.1 Å². The summed E-state index contributed by atoms with van der Waals surface area (Å²) in [7, 11) is 0. The summed E-state index contributed by atoms with van der Waals surface area (Å²) in [4.78, 5) is 10.2. The second-order valence-electron chi connectivity index (χ2n) is 2.64. The third-order valence-electron chi connectivity index (χ3n) is 1.68. The molecular weight excluding hydrogens is 156 g/mol. The first-order chi connectivity index (χ1) is 5.61. The van der Waals surface area contributed by atoms with Gasteiger partial charge in [-0.15, -0.1) is 5.43 Å². The van der Waals surface area contributed by atoms with Crippen LogP contribution in [0.3, 0.4) is 0 Å². The maximum absolute atomic E-state index is 10.2. The van der Waals surface area contributed by atoms with Crippen LogP contribution in [0.15, 0.2) is 18.2 Å². The summed E-state index contributed by atoms with van der Waals surface area (Å²) in [6, 6.07) is 5.54. The predicted molar refractivity (Wildman–Crippen MR) is 46.5 cm³/mol. The quantitative estimate of drug-likeness (QED) is 0.539. The number of hydrogen-bond donors (Lipinski definition) is 1. The second kappa shape index (κ2) is 3.21. The Kier molecular flexibility index (Phi) is 2.28. The summed E-state index contributed by atoms with van der Waals surface area (Å²) in [6.07, 6.45) is 0. The van der Waals surface area contributed by atoms with Crippen molar-refractivity contribution in [2.45, 2.75) is 13.8 Å². The van der Waals surface area contributed by atoms with Crippen LogP contribution in [0, 0.1) is 24.0 Å². The van der Waals surface area contributed by atoms with E-state index in [4.69, 9.17) is 0 Å². The fourth-order valence-electron chi connectivity index (χ4n) is 1.08. The molecule has 12 heavy (non-hydrogen) atoms. The summed E-state index contributed by atoms with van der Waals surface area (Å²) in [6.45, 7) is 3.66. The van der Waals surface area contributed by atoms with Crippen molar-refractivity contribution in [1.29, 1.82) is 0 Å². The number of hydrazine groups is 1. The fraction of sp³-hybridized carbons (Fsp3) is 0.250. The SMILES string of the molecule is Cc1cccc(C)c1N[N+](=O)[O-]. The molecule has 0 aliphatic heterocycles. The maximum Gasteiger partial charge on any atom is 0.162 e. The van der Waals surface area contributed by atoms with Gasteiger partial charge in [-0.05, 0) is 25.0 Å². The van der Waals surface area contributed by atoms with Gasteiger partial charge in [-0.1, -0.05) is 18.2 Å². The zero-order valence-electron chi connectivity index (χ0n) is 7.00. The third kappa shape index (κ3) is 1.72. The number of anilines is 1. The molecule has 0 radical (unpaired) electrons.